The highest BCUT2D eigenvalue weighted by Gasteiger charge is 2.50. The van der Waals surface area contributed by atoms with Crippen LogP contribution in [0.5, 0.6) is 0 Å². The number of hydrogen-bond acceptors (Lipinski definition) is 4. The molecule has 0 radical (unpaired) electrons. The van der Waals surface area contributed by atoms with Crippen LogP contribution in [0.1, 0.15) is 46.5 Å². The molecule has 1 spiro atoms. The molecule has 0 aromatic rings. The first-order valence-corrected chi connectivity index (χ1v) is 9.29. The summed E-state index contributed by atoms with van der Waals surface area (Å²) in [6.45, 7) is 6.79. The number of carbonyl (C=O) groups excluding carboxylic acids is 1. The first-order valence-electron chi connectivity index (χ1n) is 6.92. The van der Waals surface area contributed by atoms with Crippen molar-refractivity contribution in [3.05, 3.63) is 0 Å². The third-order valence-corrected chi connectivity index (χ3v) is 6.08. The average molecular weight is 324 g/mol. The second-order valence-electron chi connectivity index (χ2n) is 6.97. The SMILES string of the molecule is CC(C)(C)OC(=O)N1CCC2(CC1)CC(S(=O)(=O)Cl)C2. The molecular weight excluding hydrogens is 302 g/mol. The van der Waals surface area contributed by atoms with Crippen molar-refractivity contribution in [2.75, 3.05) is 13.1 Å². The zero-order valence-corrected chi connectivity index (χ0v) is 13.8. The molecule has 1 heterocycles. The summed E-state index contributed by atoms with van der Waals surface area (Å²) in [6, 6.07) is 0. The number of amides is 1. The van der Waals surface area contributed by atoms with Gasteiger partial charge in [-0.05, 0) is 51.9 Å². The third-order valence-electron chi connectivity index (χ3n) is 4.20. The highest BCUT2D eigenvalue weighted by molar-refractivity contribution is 8.14. The monoisotopic (exact) mass is 323 g/mol. The van der Waals surface area contributed by atoms with Crippen LogP contribution in [0.15, 0.2) is 0 Å². The quantitative estimate of drug-likeness (QED) is 0.696. The molecule has 5 nitrogen and oxygen atoms in total. The van der Waals surface area contributed by atoms with Gasteiger partial charge >= 0.3 is 6.09 Å². The van der Waals surface area contributed by atoms with E-state index in [9.17, 15) is 13.2 Å². The van der Waals surface area contributed by atoms with E-state index >= 15 is 0 Å². The van der Waals surface area contributed by atoms with Crippen molar-refractivity contribution >= 4 is 25.8 Å². The van der Waals surface area contributed by atoms with E-state index in [1.54, 1.807) is 4.90 Å². The third kappa shape index (κ3) is 3.58. The van der Waals surface area contributed by atoms with Gasteiger partial charge in [0.1, 0.15) is 5.60 Å². The fourth-order valence-corrected chi connectivity index (χ4v) is 4.49. The average Bonchev–Trinajstić information content (AvgIpc) is 2.22. The van der Waals surface area contributed by atoms with Gasteiger partial charge in [-0.3, -0.25) is 0 Å². The van der Waals surface area contributed by atoms with Gasteiger partial charge in [-0.1, -0.05) is 0 Å². The molecule has 7 heteroatoms. The zero-order valence-electron chi connectivity index (χ0n) is 12.2. The van der Waals surface area contributed by atoms with Gasteiger partial charge in [0.05, 0.1) is 5.25 Å². The van der Waals surface area contributed by atoms with E-state index in [1.165, 1.54) is 0 Å². The van der Waals surface area contributed by atoms with Crippen molar-refractivity contribution in [3.8, 4) is 0 Å². The van der Waals surface area contributed by atoms with Gasteiger partial charge < -0.3 is 9.64 Å². The lowest BCUT2D eigenvalue weighted by atomic mass is 9.63. The molecule has 1 saturated carbocycles. The Bertz CT molecular complexity index is 481. The molecule has 20 heavy (non-hydrogen) atoms. The molecule has 2 rings (SSSR count). The number of hydrogen-bond donors (Lipinski definition) is 0. The summed E-state index contributed by atoms with van der Waals surface area (Å²) in [5.41, 5.74) is -0.425. The Balaban J connectivity index is 1.84. The zero-order chi connectivity index (χ0) is 15.2. The van der Waals surface area contributed by atoms with E-state index in [0.717, 1.165) is 12.8 Å². The lowest BCUT2D eigenvalue weighted by Crippen LogP contribution is -2.52. The second kappa shape index (κ2) is 5.05. The highest BCUT2D eigenvalue weighted by Crippen LogP contribution is 2.52. The fraction of sp³-hybridized carbons (Fsp3) is 0.923. The van der Waals surface area contributed by atoms with Crippen molar-refractivity contribution in [1.29, 1.82) is 0 Å². The van der Waals surface area contributed by atoms with Crippen LogP contribution in [0.4, 0.5) is 4.79 Å². The molecule has 0 aromatic carbocycles. The summed E-state index contributed by atoms with van der Waals surface area (Å²) in [6.07, 6.45) is 2.62. The molecule has 2 aliphatic rings. The summed E-state index contributed by atoms with van der Waals surface area (Å²) in [5, 5.41) is -0.405. The first-order chi connectivity index (χ1) is 9.01. The van der Waals surface area contributed by atoms with Gasteiger partial charge in [0.15, 0.2) is 0 Å². The Morgan fingerprint density at radius 3 is 2.15 bits per heavy atom. The largest absolute Gasteiger partial charge is 0.444 e. The summed E-state index contributed by atoms with van der Waals surface area (Å²) < 4.78 is 27.8. The maximum atomic E-state index is 11.9. The topological polar surface area (TPSA) is 63.7 Å². The number of carbonyl (C=O) groups is 1. The summed E-state index contributed by atoms with van der Waals surface area (Å²) in [7, 11) is 1.95. The van der Waals surface area contributed by atoms with Crippen LogP contribution in [0.2, 0.25) is 0 Å². The number of rotatable bonds is 1. The molecule has 1 aliphatic carbocycles. The molecule has 0 aromatic heterocycles. The summed E-state index contributed by atoms with van der Waals surface area (Å²) in [4.78, 5) is 13.6. The van der Waals surface area contributed by atoms with Crippen LogP contribution in [-0.4, -0.2) is 43.4 Å². The smallest absolute Gasteiger partial charge is 0.410 e. The minimum Gasteiger partial charge on any atom is -0.444 e. The van der Waals surface area contributed by atoms with Crippen molar-refractivity contribution in [2.24, 2.45) is 5.41 Å². The van der Waals surface area contributed by atoms with Gasteiger partial charge in [-0.2, -0.15) is 0 Å². The van der Waals surface area contributed by atoms with Crippen molar-refractivity contribution < 1.29 is 17.9 Å². The summed E-state index contributed by atoms with van der Waals surface area (Å²) >= 11 is 0. The van der Waals surface area contributed by atoms with Crippen LogP contribution in [0.3, 0.4) is 0 Å². The Morgan fingerprint density at radius 2 is 1.75 bits per heavy atom. The maximum Gasteiger partial charge on any atom is 0.410 e. The van der Waals surface area contributed by atoms with Crippen LogP contribution in [0, 0.1) is 5.41 Å². The van der Waals surface area contributed by atoms with Crippen LogP contribution < -0.4 is 0 Å². The van der Waals surface area contributed by atoms with E-state index in [1.807, 2.05) is 20.8 Å². The molecule has 0 unspecified atom stereocenters. The number of likely N-dealkylation sites (tertiary alicyclic amines) is 1. The molecule has 0 bridgehead atoms. The number of ether oxygens (including phenoxy) is 1. The van der Waals surface area contributed by atoms with Crippen molar-refractivity contribution in [3.63, 3.8) is 0 Å². The van der Waals surface area contributed by atoms with Gasteiger partial charge in [-0.15, -0.1) is 0 Å². The first kappa shape index (κ1) is 15.9. The standard InChI is InChI=1S/C13H22ClNO4S/c1-12(2,3)19-11(16)15-6-4-13(5-7-15)8-10(9-13)20(14,17)18/h10H,4-9H2,1-3H3. The van der Waals surface area contributed by atoms with Gasteiger partial charge in [0, 0.05) is 23.8 Å². The predicted molar refractivity (Wildman–Crippen MR) is 77.3 cm³/mol. The fourth-order valence-electron chi connectivity index (χ4n) is 3.00. The molecule has 0 atom stereocenters. The minimum absolute atomic E-state index is 0.0607. The molecule has 1 amide bonds. The number of halogens is 1. The van der Waals surface area contributed by atoms with E-state index in [4.69, 9.17) is 15.4 Å². The maximum absolute atomic E-state index is 11.9. The predicted octanol–water partition coefficient (Wildman–Crippen LogP) is 2.73. The van der Waals surface area contributed by atoms with E-state index in [-0.39, 0.29) is 11.5 Å². The molecular formula is C13H22ClNO4S. The van der Waals surface area contributed by atoms with E-state index in [0.29, 0.717) is 25.9 Å². The van der Waals surface area contributed by atoms with Crippen molar-refractivity contribution in [2.45, 2.75) is 57.3 Å². The Morgan fingerprint density at radius 1 is 1.25 bits per heavy atom. The van der Waals surface area contributed by atoms with E-state index in [2.05, 4.69) is 0 Å². The molecule has 2 fully saturated rings. The van der Waals surface area contributed by atoms with Crippen LogP contribution >= 0.6 is 10.7 Å². The Kier molecular flexibility index (Phi) is 4.02. The lowest BCUT2D eigenvalue weighted by Gasteiger charge is -2.50. The number of nitrogens with zero attached hydrogens (tertiary/aromatic N) is 1. The molecule has 1 saturated heterocycles. The Labute approximate surface area is 125 Å². The number of piperidine rings is 1. The van der Waals surface area contributed by atoms with Gasteiger partial charge in [-0.25, -0.2) is 13.2 Å². The second-order valence-corrected chi connectivity index (χ2v) is 9.88. The molecule has 116 valence electrons. The molecule has 1 aliphatic heterocycles. The lowest BCUT2D eigenvalue weighted by molar-refractivity contribution is -0.00411. The highest BCUT2D eigenvalue weighted by atomic mass is 35.7. The van der Waals surface area contributed by atoms with Gasteiger partial charge in [0.2, 0.25) is 9.05 Å². The molecule has 0 N–H and O–H groups in total. The summed E-state index contributed by atoms with van der Waals surface area (Å²) in [5.74, 6) is 0. The minimum atomic E-state index is -3.43. The van der Waals surface area contributed by atoms with Gasteiger partial charge in [0.25, 0.3) is 0 Å². The normalized spacial score (nSPS) is 23.5. The van der Waals surface area contributed by atoms with Crippen molar-refractivity contribution in [1.82, 2.24) is 4.90 Å². The Hall–Kier alpha value is -0.490. The van der Waals surface area contributed by atoms with Crippen LogP contribution in [0.25, 0.3) is 0 Å². The van der Waals surface area contributed by atoms with E-state index < -0.39 is 19.9 Å². The van der Waals surface area contributed by atoms with Crippen LogP contribution in [-0.2, 0) is 13.8 Å².